The average molecular weight is 224 g/mol. The standard InChI is InChI=1S/C13H24N2O/c1-10(2)9-15(12-5-6-12)13(16)8-11-4-3-7-14-11/h10-12,14H,3-9H2,1-2H3. The van der Waals surface area contributed by atoms with Gasteiger partial charge in [0.2, 0.25) is 5.91 Å². The van der Waals surface area contributed by atoms with Crippen molar-refractivity contribution >= 4 is 5.91 Å². The van der Waals surface area contributed by atoms with Gasteiger partial charge in [0.15, 0.2) is 0 Å². The van der Waals surface area contributed by atoms with Crippen LogP contribution in [0, 0.1) is 5.92 Å². The van der Waals surface area contributed by atoms with Crippen molar-refractivity contribution in [3.05, 3.63) is 0 Å². The van der Waals surface area contributed by atoms with Crippen molar-refractivity contribution in [1.82, 2.24) is 10.2 Å². The largest absolute Gasteiger partial charge is 0.339 e. The van der Waals surface area contributed by atoms with Crippen molar-refractivity contribution in [2.45, 2.75) is 58.0 Å². The van der Waals surface area contributed by atoms with E-state index in [0.717, 1.165) is 13.1 Å². The Labute approximate surface area is 98.6 Å². The van der Waals surface area contributed by atoms with Gasteiger partial charge in [0.1, 0.15) is 0 Å². The number of nitrogens with one attached hydrogen (secondary N) is 1. The Hall–Kier alpha value is -0.570. The van der Waals surface area contributed by atoms with E-state index in [1.807, 2.05) is 0 Å². The lowest BCUT2D eigenvalue weighted by atomic mass is 10.1. The maximum atomic E-state index is 12.2. The predicted molar refractivity (Wildman–Crippen MR) is 65.2 cm³/mol. The number of nitrogens with zero attached hydrogens (tertiary/aromatic N) is 1. The van der Waals surface area contributed by atoms with Gasteiger partial charge in [0, 0.05) is 25.0 Å². The van der Waals surface area contributed by atoms with Gasteiger partial charge in [0.25, 0.3) is 0 Å². The second kappa shape index (κ2) is 5.17. The van der Waals surface area contributed by atoms with Crippen molar-refractivity contribution in [3.63, 3.8) is 0 Å². The number of rotatable bonds is 5. The number of carbonyl (C=O) groups excluding carboxylic acids is 1. The third-order valence-electron chi connectivity index (χ3n) is 3.45. The minimum absolute atomic E-state index is 0.371. The Bertz CT molecular complexity index is 242. The molecule has 1 saturated heterocycles. The zero-order chi connectivity index (χ0) is 11.5. The molecular formula is C13H24N2O. The summed E-state index contributed by atoms with van der Waals surface area (Å²) in [6.45, 7) is 6.41. The average Bonchev–Trinajstić information content (AvgIpc) is 2.94. The summed E-state index contributed by atoms with van der Waals surface area (Å²) in [6, 6.07) is 1.01. The zero-order valence-corrected chi connectivity index (χ0v) is 10.5. The highest BCUT2D eigenvalue weighted by molar-refractivity contribution is 5.77. The van der Waals surface area contributed by atoms with Crippen molar-refractivity contribution in [2.75, 3.05) is 13.1 Å². The quantitative estimate of drug-likeness (QED) is 0.772. The number of hydrogen-bond acceptors (Lipinski definition) is 2. The van der Waals surface area contributed by atoms with Crippen molar-refractivity contribution in [3.8, 4) is 0 Å². The fourth-order valence-electron chi connectivity index (χ4n) is 2.49. The van der Waals surface area contributed by atoms with Crippen LogP contribution in [-0.4, -0.2) is 36.0 Å². The van der Waals surface area contributed by atoms with Gasteiger partial charge in [-0.1, -0.05) is 13.8 Å². The van der Waals surface area contributed by atoms with E-state index >= 15 is 0 Å². The molecule has 1 saturated carbocycles. The molecule has 1 unspecified atom stereocenters. The van der Waals surface area contributed by atoms with Gasteiger partial charge < -0.3 is 10.2 Å². The van der Waals surface area contributed by atoms with E-state index in [1.165, 1.54) is 25.7 Å². The molecule has 0 aromatic heterocycles. The first-order chi connectivity index (χ1) is 7.66. The smallest absolute Gasteiger partial charge is 0.224 e. The molecule has 3 heteroatoms. The molecule has 1 N–H and O–H groups in total. The fraction of sp³-hybridized carbons (Fsp3) is 0.923. The highest BCUT2D eigenvalue weighted by Crippen LogP contribution is 2.28. The second-order valence-electron chi connectivity index (χ2n) is 5.67. The predicted octanol–water partition coefficient (Wildman–Crippen LogP) is 1.78. The van der Waals surface area contributed by atoms with Gasteiger partial charge in [-0.25, -0.2) is 0 Å². The molecule has 0 bridgehead atoms. The summed E-state index contributed by atoms with van der Waals surface area (Å²) in [6.07, 6.45) is 5.55. The molecule has 1 atom stereocenters. The Kier molecular flexibility index (Phi) is 3.85. The van der Waals surface area contributed by atoms with E-state index in [4.69, 9.17) is 0 Å². The molecule has 2 fully saturated rings. The molecule has 0 radical (unpaired) electrons. The van der Waals surface area contributed by atoms with E-state index in [0.29, 0.717) is 30.3 Å². The lowest BCUT2D eigenvalue weighted by molar-refractivity contribution is -0.132. The molecule has 1 amide bonds. The summed E-state index contributed by atoms with van der Waals surface area (Å²) in [4.78, 5) is 14.3. The summed E-state index contributed by atoms with van der Waals surface area (Å²) >= 11 is 0. The van der Waals surface area contributed by atoms with Crippen molar-refractivity contribution < 1.29 is 4.79 Å². The summed E-state index contributed by atoms with van der Waals surface area (Å²) in [5.74, 6) is 0.955. The summed E-state index contributed by atoms with van der Waals surface area (Å²) in [5, 5.41) is 3.41. The molecule has 92 valence electrons. The summed E-state index contributed by atoms with van der Waals surface area (Å²) in [5.41, 5.74) is 0. The highest BCUT2D eigenvalue weighted by Gasteiger charge is 2.33. The Balaban J connectivity index is 1.83. The van der Waals surface area contributed by atoms with Crippen LogP contribution in [0.5, 0.6) is 0 Å². The van der Waals surface area contributed by atoms with Crippen LogP contribution >= 0.6 is 0 Å². The van der Waals surface area contributed by atoms with Crippen LogP contribution in [0.25, 0.3) is 0 Å². The zero-order valence-electron chi connectivity index (χ0n) is 10.5. The molecular weight excluding hydrogens is 200 g/mol. The van der Waals surface area contributed by atoms with Crippen LogP contribution in [0.4, 0.5) is 0 Å². The number of hydrogen-bond donors (Lipinski definition) is 1. The SMILES string of the molecule is CC(C)CN(C(=O)CC1CCCN1)C1CC1. The van der Waals surface area contributed by atoms with Gasteiger partial charge >= 0.3 is 0 Å². The normalized spacial score (nSPS) is 25.1. The molecule has 2 rings (SSSR count). The molecule has 3 nitrogen and oxygen atoms in total. The van der Waals surface area contributed by atoms with Crippen LogP contribution in [0.2, 0.25) is 0 Å². The van der Waals surface area contributed by atoms with E-state index in [1.54, 1.807) is 0 Å². The fourth-order valence-corrected chi connectivity index (χ4v) is 2.49. The molecule has 0 aromatic rings. The highest BCUT2D eigenvalue weighted by atomic mass is 16.2. The topological polar surface area (TPSA) is 32.3 Å². The van der Waals surface area contributed by atoms with Gasteiger partial charge in [-0.15, -0.1) is 0 Å². The Morgan fingerprint density at radius 3 is 2.62 bits per heavy atom. The van der Waals surface area contributed by atoms with Crippen LogP contribution < -0.4 is 5.32 Å². The summed E-state index contributed by atoms with van der Waals surface area (Å²) in [7, 11) is 0. The third kappa shape index (κ3) is 3.21. The molecule has 0 spiro atoms. The summed E-state index contributed by atoms with van der Waals surface area (Å²) < 4.78 is 0. The van der Waals surface area contributed by atoms with E-state index in [-0.39, 0.29) is 0 Å². The van der Waals surface area contributed by atoms with E-state index in [2.05, 4.69) is 24.1 Å². The molecule has 1 aliphatic heterocycles. The lowest BCUT2D eigenvalue weighted by Crippen LogP contribution is -2.39. The third-order valence-corrected chi connectivity index (χ3v) is 3.45. The molecule has 16 heavy (non-hydrogen) atoms. The first-order valence-electron chi connectivity index (χ1n) is 6.69. The minimum Gasteiger partial charge on any atom is -0.339 e. The first kappa shape index (κ1) is 11.9. The second-order valence-corrected chi connectivity index (χ2v) is 5.67. The van der Waals surface area contributed by atoms with Crippen LogP contribution in [0.15, 0.2) is 0 Å². The number of amides is 1. The van der Waals surface area contributed by atoms with Gasteiger partial charge in [0.05, 0.1) is 0 Å². The van der Waals surface area contributed by atoms with Gasteiger partial charge in [-0.3, -0.25) is 4.79 Å². The first-order valence-corrected chi connectivity index (χ1v) is 6.69. The molecule has 1 heterocycles. The van der Waals surface area contributed by atoms with Gasteiger partial charge in [-0.05, 0) is 38.1 Å². The van der Waals surface area contributed by atoms with Crippen molar-refractivity contribution in [1.29, 1.82) is 0 Å². The monoisotopic (exact) mass is 224 g/mol. The van der Waals surface area contributed by atoms with Crippen LogP contribution in [0.3, 0.4) is 0 Å². The van der Waals surface area contributed by atoms with E-state index < -0.39 is 0 Å². The maximum Gasteiger partial charge on any atom is 0.224 e. The van der Waals surface area contributed by atoms with Crippen LogP contribution in [-0.2, 0) is 4.79 Å². The Morgan fingerprint density at radius 1 is 1.38 bits per heavy atom. The lowest BCUT2D eigenvalue weighted by Gasteiger charge is -2.25. The van der Waals surface area contributed by atoms with Crippen LogP contribution in [0.1, 0.15) is 46.0 Å². The maximum absolute atomic E-state index is 12.2. The molecule has 1 aliphatic carbocycles. The van der Waals surface area contributed by atoms with Crippen molar-refractivity contribution in [2.24, 2.45) is 5.92 Å². The van der Waals surface area contributed by atoms with E-state index in [9.17, 15) is 4.79 Å². The Morgan fingerprint density at radius 2 is 2.12 bits per heavy atom. The van der Waals surface area contributed by atoms with Gasteiger partial charge in [-0.2, -0.15) is 0 Å². The molecule has 2 aliphatic rings. The molecule has 0 aromatic carbocycles. The number of carbonyl (C=O) groups is 1. The minimum atomic E-state index is 0.371.